The molecule has 0 spiro atoms. The normalized spacial score (nSPS) is 25.7. The molecule has 0 radical (unpaired) electrons. The molecular formula is C11H20N2S. The number of hydrogen-bond acceptors (Lipinski definition) is 3. The number of amidine groups is 1. The fourth-order valence-electron chi connectivity index (χ4n) is 1.72. The van der Waals surface area contributed by atoms with Crippen molar-refractivity contribution in [1.29, 1.82) is 0 Å². The Morgan fingerprint density at radius 2 is 2.14 bits per heavy atom. The van der Waals surface area contributed by atoms with Crippen molar-refractivity contribution in [2.45, 2.75) is 45.6 Å². The van der Waals surface area contributed by atoms with Crippen LogP contribution in [0, 0.1) is 5.41 Å². The van der Waals surface area contributed by atoms with Crippen LogP contribution in [0.15, 0.2) is 4.99 Å². The van der Waals surface area contributed by atoms with E-state index in [2.05, 4.69) is 24.2 Å². The standard InChI is InChI=1S/C11H20N2S/c1-3-11(4-2)7-12-10(14-8-11)13-9-5-6-9/h9H,3-8H2,1-2H3,(H,12,13). The van der Waals surface area contributed by atoms with Gasteiger partial charge in [-0.1, -0.05) is 25.6 Å². The van der Waals surface area contributed by atoms with E-state index in [4.69, 9.17) is 0 Å². The lowest BCUT2D eigenvalue weighted by Gasteiger charge is -2.33. The van der Waals surface area contributed by atoms with Gasteiger partial charge in [-0.25, -0.2) is 0 Å². The van der Waals surface area contributed by atoms with Gasteiger partial charge in [0.15, 0.2) is 5.17 Å². The first kappa shape index (κ1) is 10.3. The van der Waals surface area contributed by atoms with Crippen molar-refractivity contribution in [3.05, 3.63) is 0 Å². The Morgan fingerprint density at radius 1 is 1.43 bits per heavy atom. The number of rotatable bonds is 3. The van der Waals surface area contributed by atoms with Crippen LogP contribution in [0.25, 0.3) is 0 Å². The minimum Gasteiger partial charge on any atom is -0.362 e. The van der Waals surface area contributed by atoms with Crippen molar-refractivity contribution >= 4 is 16.9 Å². The van der Waals surface area contributed by atoms with E-state index in [1.165, 1.54) is 36.6 Å². The van der Waals surface area contributed by atoms with Gasteiger partial charge in [0.25, 0.3) is 0 Å². The molecular weight excluding hydrogens is 192 g/mol. The van der Waals surface area contributed by atoms with E-state index < -0.39 is 0 Å². The highest BCUT2D eigenvalue weighted by molar-refractivity contribution is 8.13. The monoisotopic (exact) mass is 212 g/mol. The van der Waals surface area contributed by atoms with Crippen LogP contribution >= 0.6 is 11.8 Å². The van der Waals surface area contributed by atoms with Gasteiger partial charge in [0.2, 0.25) is 0 Å². The molecule has 2 rings (SSSR count). The second-order valence-electron chi connectivity index (χ2n) is 4.54. The molecule has 0 unspecified atom stereocenters. The summed E-state index contributed by atoms with van der Waals surface area (Å²) in [6.07, 6.45) is 5.20. The molecule has 80 valence electrons. The topological polar surface area (TPSA) is 24.4 Å². The van der Waals surface area contributed by atoms with Gasteiger partial charge >= 0.3 is 0 Å². The maximum atomic E-state index is 4.67. The molecule has 1 fully saturated rings. The molecule has 0 aromatic heterocycles. The van der Waals surface area contributed by atoms with Crippen LogP contribution in [0.4, 0.5) is 0 Å². The van der Waals surface area contributed by atoms with Crippen LogP contribution < -0.4 is 5.32 Å². The van der Waals surface area contributed by atoms with Gasteiger partial charge in [-0.3, -0.25) is 4.99 Å². The molecule has 1 aliphatic heterocycles. The molecule has 0 aromatic rings. The third-order valence-electron chi connectivity index (χ3n) is 3.48. The minimum atomic E-state index is 0.486. The van der Waals surface area contributed by atoms with Crippen LogP contribution in [0.1, 0.15) is 39.5 Å². The van der Waals surface area contributed by atoms with Crippen molar-refractivity contribution in [3.8, 4) is 0 Å². The van der Waals surface area contributed by atoms with Crippen molar-refractivity contribution in [2.24, 2.45) is 10.4 Å². The molecule has 0 aromatic carbocycles. The Hall–Kier alpha value is -0.180. The van der Waals surface area contributed by atoms with Crippen LogP contribution in [-0.4, -0.2) is 23.5 Å². The minimum absolute atomic E-state index is 0.486. The average Bonchev–Trinajstić information content (AvgIpc) is 3.04. The molecule has 1 N–H and O–H groups in total. The number of nitrogens with one attached hydrogen (secondary N) is 1. The first-order valence-corrected chi connectivity index (χ1v) is 6.70. The fraction of sp³-hybridized carbons (Fsp3) is 0.909. The van der Waals surface area contributed by atoms with E-state index in [9.17, 15) is 0 Å². The predicted octanol–water partition coefficient (Wildman–Crippen LogP) is 2.65. The van der Waals surface area contributed by atoms with Gasteiger partial charge in [0, 0.05) is 18.3 Å². The molecule has 2 nitrogen and oxygen atoms in total. The largest absolute Gasteiger partial charge is 0.362 e. The third-order valence-corrected chi connectivity index (χ3v) is 4.76. The first-order chi connectivity index (χ1) is 6.78. The SMILES string of the molecule is CCC1(CC)CN=C(NC2CC2)SC1. The first-order valence-electron chi connectivity index (χ1n) is 5.72. The lowest BCUT2D eigenvalue weighted by Crippen LogP contribution is -2.35. The summed E-state index contributed by atoms with van der Waals surface area (Å²) in [5.74, 6) is 1.25. The predicted molar refractivity (Wildman–Crippen MR) is 63.9 cm³/mol. The Labute approximate surface area is 90.9 Å². The number of aliphatic imine (C=N–C) groups is 1. The molecule has 0 bridgehead atoms. The van der Waals surface area contributed by atoms with Gasteiger partial charge in [0.05, 0.1) is 0 Å². The highest BCUT2D eigenvalue weighted by atomic mass is 32.2. The molecule has 0 saturated heterocycles. The van der Waals surface area contributed by atoms with Gasteiger partial charge in [-0.2, -0.15) is 0 Å². The molecule has 14 heavy (non-hydrogen) atoms. The van der Waals surface area contributed by atoms with E-state index in [-0.39, 0.29) is 0 Å². The Morgan fingerprint density at radius 3 is 2.57 bits per heavy atom. The van der Waals surface area contributed by atoms with E-state index in [0.29, 0.717) is 5.41 Å². The molecule has 1 saturated carbocycles. The Balaban J connectivity index is 1.90. The fourth-order valence-corrected chi connectivity index (χ4v) is 3.07. The number of hydrogen-bond donors (Lipinski definition) is 1. The highest BCUT2D eigenvalue weighted by Gasteiger charge is 2.31. The summed E-state index contributed by atoms with van der Waals surface area (Å²) in [5.41, 5.74) is 0.486. The second kappa shape index (κ2) is 4.13. The summed E-state index contributed by atoms with van der Waals surface area (Å²) in [6, 6.07) is 0.747. The van der Waals surface area contributed by atoms with E-state index >= 15 is 0 Å². The zero-order valence-corrected chi connectivity index (χ0v) is 9.99. The van der Waals surface area contributed by atoms with Crippen LogP contribution in [0.5, 0.6) is 0 Å². The molecule has 3 heteroatoms. The van der Waals surface area contributed by atoms with Crippen LogP contribution in [0.2, 0.25) is 0 Å². The number of thioether (sulfide) groups is 1. The summed E-state index contributed by atoms with van der Waals surface area (Å²) >= 11 is 1.93. The van der Waals surface area contributed by atoms with Crippen molar-refractivity contribution in [1.82, 2.24) is 5.32 Å². The van der Waals surface area contributed by atoms with Gasteiger partial charge in [0.1, 0.15) is 0 Å². The van der Waals surface area contributed by atoms with Crippen LogP contribution in [0.3, 0.4) is 0 Å². The Kier molecular flexibility index (Phi) is 3.05. The third kappa shape index (κ3) is 2.25. The van der Waals surface area contributed by atoms with E-state index in [0.717, 1.165) is 12.6 Å². The number of nitrogens with zero attached hydrogens (tertiary/aromatic N) is 1. The van der Waals surface area contributed by atoms with Gasteiger partial charge in [-0.05, 0) is 31.1 Å². The summed E-state index contributed by atoms with van der Waals surface area (Å²) in [5, 5.41) is 4.69. The summed E-state index contributed by atoms with van der Waals surface area (Å²) < 4.78 is 0. The van der Waals surface area contributed by atoms with Gasteiger partial charge < -0.3 is 5.32 Å². The molecule has 2 aliphatic rings. The zero-order chi connectivity index (χ0) is 10.0. The van der Waals surface area contributed by atoms with Crippen molar-refractivity contribution in [3.63, 3.8) is 0 Å². The van der Waals surface area contributed by atoms with Crippen molar-refractivity contribution < 1.29 is 0 Å². The van der Waals surface area contributed by atoms with E-state index in [1.54, 1.807) is 0 Å². The molecule has 0 atom stereocenters. The maximum absolute atomic E-state index is 4.67. The Bertz CT molecular complexity index is 229. The van der Waals surface area contributed by atoms with Crippen molar-refractivity contribution in [2.75, 3.05) is 12.3 Å². The molecule has 0 amide bonds. The van der Waals surface area contributed by atoms with Gasteiger partial charge in [-0.15, -0.1) is 0 Å². The van der Waals surface area contributed by atoms with E-state index in [1.807, 2.05) is 11.8 Å². The average molecular weight is 212 g/mol. The molecule has 1 heterocycles. The molecule has 1 aliphatic carbocycles. The summed E-state index contributed by atoms with van der Waals surface area (Å²) in [4.78, 5) is 4.67. The maximum Gasteiger partial charge on any atom is 0.156 e. The second-order valence-corrected chi connectivity index (χ2v) is 5.50. The lowest BCUT2D eigenvalue weighted by molar-refractivity contribution is 0.318. The quantitative estimate of drug-likeness (QED) is 0.778. The zero-order valence-electron chi connectivity index (χ0n) is 9.18. The highest BCUT2D eigenvalue weighted by Crippen LogP contribution is 2.35. The summed E-state index contributed by atoms with van der Waals surface area (Å²) in [6.45, 7) is 5.61. The lowest BCUT2D eigenvalue weighted by atomic mass is 9.84. The van der Waals surface area contributed by atoms with Crippen LogP contribution in [-0.2, 0) is 0 Å². The summed E-state index contributed by atoms with van der Waals surface area (Å²) in [7, 11) is 0. The smallest absolute Gasteiger partial charge is 0.156 e.